The number of anilines is 2. The van der Waals surface area contributed by atoms with Gasteiger partial charge in [0.15, 0.2) is 0 Å². The van der Waals surface area contributed by atoms with Gasteiger partial charge in [0.1, 0.15) is 0 Å². The number of nitrogens with zero attached hydrogens (tertiary/aromatic N) is 3. The van der Waals surface area contributed by atoms with Crippen molar-refractivity contribution in [3.8, 4) is 0 Å². The molecule has 0 radical (unpaired) electrons. The van der Waals surface area contributed by atoms with Gasteiger partial charge < -0.3 is 10.6 Å². The molecule has 4 heteroatoms. The first-order valence-corrected chi connectivity index (χ1v) is 6.44. The van der Waals surface area contributed by atoms with E-state index in [9.17, 15) is 0 Å². The van der Waals surface area contributed by atoms with Crippen molar-refractivity contribution >= 4 is 11.4 Å². The summed E-state index contributed by atoms with van der Waals surface area (Å²) in [6, 6.07) is 8.68. The number of aromatic nitrogens is 2. The van der Waals surface area contributed by atoms with E-state index in [4.69, 9.17) is 5.73 Å². The Balaban J connectivity index is 1.71. The third-order valence-electron chi connectivity index (χ3n) is 3.46. The van der Waals surface area contributed by atoms with Gasteiger partial charge in [-0.25, -0.2) is 0 Å². The van der Waals surface area contributed by atoms with Crippen molar-refractivity contribution < 1.29 is 0 Å². The van der Waals surface area contributed by atoms with E-state index in [-0.39, 0.29) is 0 Å². The van der Waals surface area contributed by atoms with E-state index in [0.29, 0.717) is 0 Å². The zero-order valence-corrected chi connectivity index (χ0v) is 10.4. The van der Waals surface area contributed by atoms with Crippen LogP contribution in [0.25, 0.3) is 0 Å². The number of para-hydroxylation sites is 1. The number of hydrogen-bond acceptors (Lipinski definition) is 3. The van der Waals surface area contributed by atoms with E-state index in [1.165, 1.54) is 24.1 Å². The summed E-state index contributed by atoms with van der Waals surface area (Å²) in [5, 5.41) is 4.22. The Kier molecular flexibility index (Phi) is 2.92. The van der Waals surface area contributed by atoms with Crippen LogP contribution in [0.1, 0.15) is 12.0 Å². The lowest BCUT2D eigenvalue weighted by atomic mass is 10.0. The van der Waals surface area contributed by atoms with Crippen LogP contribution in [0.15, 0.2) is 36.7 Å². The Morgan fingerprint density at radius 3 is 2.94 bits per heavy atom. The topological polar surface area (TPSA) is 47.1 Å². The van der Waals surface area contributed by atoms with Crippen LogP contribution < -0.4 is 10.6 Å². The van der Waals surface area contributed by atoms with Crippen LogP contribution in [0, 0.1) is 0 Å². The minimum atomic E-state index is 0.731. The summed E-state index contributed by atoms with van der Waals surface area (Å²) in [5.41, 5.74) is 9.24. The molecule has 2 aromatic rings. The summed E-state index contributed by atoms with van der Waals surface area (Å²) in [6.45, 7) is 3.00. The summed E-state index contributed by atoms with van der Waals surface area (Å²) in [4.78, 5) is 2.44. The molecule has 0 saturated carbocycles. The fourth-order valence-corrected chi connectivity index (χ4v) is 2.57. The van der Waals surface area contributed by atoms with Crippen LogP contribution >= 0.6 is 0 Å². The smallest absolute Gasteiger partial charge is 0.0719 e. The molecular formula is C14H18N4. The molecule has 3 rings (SSSR count). The molecule has 0 spiro atoms. The van der Waals surface area contributed by atoms with Gasteiger partial charge in [-0.3, -0.25) is 4.68 Å². The van der Waals surface area contributed by atoms with Gasteiger partial charge in [0.25, 0.3) is 0 Å². The van der Waals surface area contributed by atoms with Gasteiger partial charge in [-0.2, -0.15) is 5.10 Å². The highest BCUT2D eigenvalue weighted by atomic mass is 15.3. The normalized spacial score (nSPS) is 14.6. The van der Waals surface area contributed by atoms with Gasteiger partial charge in [0.05, 0.1) is 18.4 Å². The van der Waals surface area contributed by atoms with Crippen molar-refractivity contribution in [1.82, 2.24) is 9.78 Å². The molecule has 2 heterocycles. The largest absolute Gasteiger partial charge is 0.396 e. The first-order valence-electron chi connectivity index (χ1n) is 6.44. The van der Waals surface area contributed by atoms with Gasteiger partial charge >= 0.3 is 0 Å². The predicted octanol–water partition coefficient (Wildman–Crippen LogP) is 1.92. The van der Waals surface area contributed by atoms with E-state index in [2.05, 4.69) is 34.3 Å². The van der Waals surface area contributed by atoms with Crippen molar-refractivity contribution in [1.29, 1.82) is 0 Å². The number of nitrogen functional groups attached to an aromatic ring is 1. The first kappa shape index (κ1) is 11.1. The summed E-state index contributed by atoms with van der Waals surface area (Å²) in [7, 11) is 0. The van der Waals surface area contributed by atoms with Crippen LogP contribution in [-0.2, 0) is 13.0 Å². The van der Waals surface area contributed by atoms with Gasteiger partial charge in [0, 0.05) is 25.0 Å². The minimum absolute atomic E-state index is 0.731. The molecule has 0 fully saturated rings. The lowest BCUT2D eigenvalue weighted by Crippen LogP contribution is -2.32. The fraction of sp³-hybridized carbons (Fsp3) is 0.357. The van der Waals surface area contributed by atoms with E-state index >= 15 is 0 Å². The Morgan fingerprint density at radius 2 is 2.11 bits per heavy atom. The molecule has 1 aliphatic heterocycles. The van der Waals surface area contributed by atoms with Crippen LogP contribution in [-0.4, -0.2) is 22.9 Å². The Morgan fingerprint density at radius 1 is 1.22 bits per heavy atom. The first-order chi connectivity index (χ1) is 8.83. The minimum Gasteiger partial charge on any atom is -0.396 e. The number of benzene rings is 1. The highest BCUT2D eigenvalue weighted by molar-refractivity contribution is 5.55. The van der Waals surface area contributed by atoms with Gasteiger partial charge in [-0.1, -0.05) is 18.2 Å². The molecule has 2 N–H and O–H groups in total. The van der Waals surface area contributed by atoms with Gasteiger partial charge in [0.2, 0.25) is 0 Å². The predicted molar refractivity (Wildman–Crippen MR) is 73.6 cm³/mol. The second-order valence-corrected chi connectivity index (χ2v) is 4.76. The molecule has 94 valence electrons. The highest BCUT2D eigenvalue weighted by Gasteiger charge is 2.15. The summed E-state index contributed by atoms with van der Waals surface area (Å²) in [6.07, 6.45) is 6.01. The third kappa shape index (κ3) is 2.18. The van der Waals surface area contributed by atoms with Crippen molar-refractivity contribution in [3.63, 3.8) is 0 Å². The fourth-order valence-electron chi connectivity index (χ4n) is 2.57. The highest BCUT2D eigenvalue weighted by Crippen LogP contribution is 2.26. The molecule has 1 aliphatic rings. The van der Waals surface area contributed by atoms with Crippen molar-refractivity contribution in [2.24, 2.45) is 0 Å². The summed E-state index contributed by atoms with van der Waals surface area (Å²) in [5.74, 6) is 0. The van der Waals surface area contributed by atoms with E-state index in [1.807, 2.05) is 10.9 Å². The maximum absolute atomic E-state index is 5.67. The quantitative estimate of drug-likeness (QED) is 0.894. The second kappa shape index (κ2) is 4.72. The SMILES string of the molecule is Nc1cnn(CCN2CCCc3ccccc32)c1. The summed E-state index contributed by atoms with van der Waals surface area (Å²) >= 11 is 0. The molecule has 1 aromatic heterocycles. The van der Waals surface area contributed by atoms with Crippen LogP contribution in [0.2, 0.25) is 0 Å². The van der Waals surface area contributed by atoms with E-state index < -0.39 is 0 Å². The number of hydrogen-bond donors (Lipinski definition) is 1. The number of aryl methyl sites for hydroxylation is 1. The summed E-state index contributed by atoms with van der Waals surface area (Å²) < 4.78 is 1.91. The van der Waals surface area contributed by atoms with E-state index in [1.54, 1.807) is 6.20 Å². The van der Waals surface area contributed by atoms with Crippen molar-refractivity contribution in [2.45, 2.75) is 19.4 Å². The molecule has 1 aromatic carbocycles. The van der Waals surface area contributed by atoms with Gasteiger partial charge in [-0.05, 0) is 24.5 Å². The third-order valence-corrected chi connectivity index (χ3v) is 3.46. The lowest BCUT2D eigenvalue weighted by molar-refractivity contribution is 0.579. The Bertz CT molecular complexity index is 532. The molecular weight excluding hydrogens is 224 g/mol. The maximum atomic E-state index is 5.67. The van der Waals surface area contributed by atoms with E-state index in [0.717, 1.165) is 25.3 Å². The van der Waals surface area contributed by atoms with Gasteiger partial charge in [-0.15, -0.1) is 0 Å². The number of nitrogens with two attached hydrogens (primary N) is 1. The average Bonchev–Trinajstić information content (AvgIpc) is 2.82. The Hall–Kier alpha value is -1.97. The average molecular weight is 242 g/mol. The molecule has 0 aliphatic carbocycles. The molecule has 4 nitrogen and oxygen atoms in total. The number of rotatable bonds is 3. The zero-order valence-electron chi connectivity index (χ0n) is 10.4. The van der Waals surface area contributed by atoms with Crippen LogP contribution in [0.5, 0.6) is 0 Å². The maximum Gasteiger partial charge on any atom is 0.0719 e. The molecule has 0 unspecified atom stereocenters. The molecule has 0 bridgehead atoms. The van der Waals surface area contributed by atoms with Crippen molar-refractivity contribution in [2.75, 3.05) is 23.7 Å². The lowest BCUT2D eigenvalue weighted by Gasteiger charge is -2.31. The Labute approximate surface area is 107 Å². The molecule has 0 amide bonds. The second-order valence-electron chi connectivity index (χ2n) is 4.76. The van der Waals surface area contributed by atoms with Crippen LogP contribution in [0.3, 0.4) is 0 Å². The van der Waals surface area contributed by atoms with Crippen molar-refractivity contribution in [3.05, 3.63) is 42.2 Å². The van der Waals surface area contributed by atoms with Crippen LogP contribution in [0.4, 0.5) is 11.4 Å². The molecule has 18 heavy (non-hydrogen) atoms. The molecule has 0 atom stereocenters. The molecule has 0 saturated heterocycles. The standard InChI is InChI=1S/C14H18N4/c15-13-10-16-18(11-13)9-8-17-7-3-5-12-4-1-2-6-14(12)17/h1-2,4,6,10-11H,3,5,7-9,15H2. The zero-order chi connectivity index (χ0) is 12.4. The number of fused-ring (bicyclic) bond motifs is 1. The monoisotopic (exact) mass is 242 g/mol.